The molecule has 0 amide bonds. The predicted molar refractivity (Wildman–Crippen MR) is 104 cm³/mol. The molecule has 0 fully saturated rings. The Morgan fingerprint density at radius 1 is 1.11 bits per heavy atom. The molecule has 0 saturated carbocycles. The molecular formula is C19H17N5O2S. The highest BCUT2D eigenvalue weighted by Gasteiger charge is 2.14. The van der Waals surface area contributed by atoms with E-state index in [-0.39, 0.29) is 5.56 Å². The molecule has 0 unspecified atom stereocenters. The van der Waals surface area contributed by atoms with Crippen LogP contribution in [0, 0.1) is 0 Å². The molecule has 0 N–H and O–H groups in total. The standard InChI is InChI=1S/C19H17N5O2S/c1-23-17(21-14-8-4-3-7-13(14)18(23)25)11-27-19-22-20-12-24(19)15-9-5-6-10-16(15)26-2/h3-10,12H,11H2,1-2H3. The Hall–Kier alpha value is -3.13. The summed E-state index contributed by atoms with van der Waals surface area (Å²) >= 11 is 1.46. The van der Waals surface area contributed by atoms with Crippen LogP contribution in [-0.4, -0.2) is 31.4 Å². The maximum absolute atomic E-state index is 12.5. The molecule has 0 saturated heterocycles. The molecule has 4 aromatic rings. The van der Waals surface area contributed by atoms with Gasteiger partial charge in [0.05, 0.1) is 29.5 Å². The van der Waals surface area contributed by atoms with Crippen molar-refractivity contribution in [2.75, 3.05) is 7.11 Å². The first kappa shape index (κ1) is 17.3. The molecule has 2 aromatic heterocycles. The lowest BCUT2D eigenvalue weighted by molar-refractivity contribution is 0.412. The van der Waals surface area contributed by atoms with E-state index in [0.717, 1.165) is 11.4 Å². The molecule has 0 aliphatic rings. The van der Waals surface area contributed by atoms with Gasteiger partial charge >= 0.3 is 0 Å². The van der Waals surface area contributed by atoms with Crippen LogP contribution in [-0.2, 0) is 12.8 Å². The van der Waals surface area contributed by atoms with Gasteiger partial charge in [0.25, 0.3) is 5.56 Å². The predicted octanol–water partition coefficient (Wildman–Crippen LogP) is 2.82. The number of rotatable bonds is 5. The van der Waals surface area contributed by atoms with Crippen molar-refractivity contribution in [3.8, 4) is 11.4 Å². The average molecular weight is 379 g/mol. The Bertz CT molecular complexity index is 1170. The monoisotopic (exact) mass is 379 g/mol. The van der Waals surface area contributed by atoms with Gasteiger partial charge in [-0.25, -0.2) is 4.98 Å². The van der Waals surface area contributed by atoms with E-state index in [9.17, 15) is 4.79 Å². The van der Waals surface area contributed by atoms with Crippen molar-refractivity contribution in [2.24, 2.45) is 7.05 Å². The molecule has 7 nitrogen and oxygen atoms in total. The number of thioether (sulfide) groups is 1. The summed E-state index contributed by atoms with van der Waals surface area (Å²) in [4.78, 5) is 17.2. The summed E-state index contributed by atoms with van der Waals surface area (Å²) in [6.45, 7) is 0. The van der Waals surface area contributed by atoms with E-state index in [0.29, 0.717) is 27.6 Å². The Labute approximate surface area is 159 Å². The highest BCUT2D eigenvalue weighted by atomic mass is 32.2. The van der Waals surface area contributed by atoms with Gasteiger partial charge in [-0.05, 0) is 24.3 Å². The molecule has 0 radical (unpaired) electrons. The molecule has 4 rings (SSSR count). The fourth-order valence-electron chi connectivity index (χ4n) is 2.84. The van der Waals surface area contributed by atoms with Crippen LogP contribution in [0.2, 0.25) is 0 Å². The Kier molecular flexibility index (Phi) is 4.64. The number of fused-ring (bicyclic) bond motifs is 1. The van der Waals surface area contributed by atoms with Crippen LogP contribution < -0.4 is 10.3 Å². The molecule has 0 aliphatic carbocycles. The van der Waals surface area contributed by atoms with Crippen molar-refractivity contribution in [3.63, 3.8) is 0 Å². The third-order valence-electron chi connectivity index (χ3n) is 4.27. The normalized spacial score (nSPS) is 11.0. The Morgan fingerprint density at radius 3 is 2.74 bits per heavy atom. The lowest BCUT2D eigenvalue weighted by Crippen LogP contribution is -2.21. The van der Waals surface area contributed by atoms with Crippen molar-refractivity contribution >= 4 is 22.7 Å². The summed E-state index contributed by atoms with van der Waals surface area (Å²) in [5.74, 6) is 1.90. The van der Waals surface area contributed by atoms with Crippen molar-refractivity contribution in [1.82, 2.24) is 24.3 Å². The van der Waals surface area contributed by atoms with Gasteiger partial charge in [-0.3, -0.25) is 13.9 Å². The van der Waals surface area contributed by atoms with E-state index in [1.807, 2.05) is 47.0 Å². The third-order valence-corrected chi connectivity index (χ3v) is 5.21. The first-order valence-electron chi connectivity index (χ1n) is 8.30. The van der Waals surface area contributed by atoms with Gasteiger partial charge in [-0.15, -0.1) is 10.2 Å². The molecule has 0 spiro atoms. The second kappa shape index (κ2) is 7.24. The summed E-state index contributed by atoms with van der Waals surface area (Å²) in [6, 6.07) is 15.0. The number of para-hydroxylation sites is 3. The van der Waals surface area contributed by atoms with E-state index in [1.54, 1.807) is 31.1 Å². The molecule has 8 heteroatoms. The lowest BCUT2D eigenvalue weighted by Gasteiger charge is -2.11. The number of nitrogens with zero attached hydrogens (tertiary/aromatic N) is 5. The summed E-state index contributed by atoms with van der Waals surface area (Å²) in [7, 11) is 3.37. The maximum atomic E-state index is 12.5. The van der Waals surface area contributed by atoms with Crippen molar-refractivity contribution < 1.29 is 4.74 Å². The molecule has 0 bridgehead atoms. The van der Waals surface area contributed by atoms with Crippen LogP contribution in [0.3, 0.4) is 0 Å². The van der Waals surface area contributed by atoms with Crippen LogP contribution in [0.1, 0.15) is 5.82 Å². The summed E-state index contributed by atoms with van der Waals surface area (Å²) in [5, 5.41) is 9.54. The maximum Gasteiger partial charge on any atom is 0.261 e. The highest BCUT2D eigenvalue weighted by molar-refractivity contribution is 7.98. The van der Waals surface area contributed by atoms with E-state index in [2.05, 4.69) is 15.2 Å². The van der Waals surface area contributed by atoms with Gasteiger partial charge in [-0.2, -0.15) is 0 Å². The molecule has 2 aromatic carbocycles. The lowest BCUT2D eigenvalue weighted by atomic mass is 10.2. The zero-order chi connectivity index (χ0) is 18.8. The Balaban J connectivity index is 1.66. The topological polar surface area (TPSA) is 74.8 Å². The van der Waals surface area contributed by atoms with Crippen LogP contribution in [0.15, 0.2) is 64.8 Å². The minimum atomic E-state index is -0.0533. The third kappa shape index (κ3) is 3.19. The summed E-state index contributed by atoms with van der Waals surface area (Å²) in [6.07, 6.45) is 1.65. The number of benzene rings is 2. The van der Waals surface area contributed by atoms with Crippen LogP contribution in [0.25, 0.3) is 16.6 Å². The first-order valence-corrected chi connectivity index (χ1v) is 9.28. The first-order chi connectivity index (χ1) is 13.2. The second-order valence-electron chi connectivity index (χ2n) is 5.85. The minimum absolute atomic E-state index is 0.0533. The largest absolute Gasteiger partial charge is 0.495 e. The van der Waals surface area contributed by atoms with Crippen molar-refractivity contribution in [2.45, 2.75) is 10.9 Å². The molecule has 2 heterocycles. The fraction of sp³-hybridized carbons (Fsp3) is 0.158. The van der Waals surface area contributed by atoms with Gasteiger partial charge in [0.2, 0.25) is 0 Å². The summed E-state index contributed by atoms with van der Waals surface area (Å²) in [5.41, 5.74) is 1.50. The van der Waals surface area contributed by atoms with Gasteiger partial charge < -0.3 is 4.74 Å². The number of ether oxygens (including phenoxy) is 1. The number of methoxy groups -OCH3 is 1. The zero-order valence-electron chi connectivity index (χ0n) is 14.9. The van der Waals surface area contributed by atoms with E-state index < -0.39 is 0 Å². The van der Waals surface area contributed by atoms with E-state index in [1.165, 1.54) is 11.8 Å². The van der Waals surface area contributed by atoms with Crippen LogP contribution in [0.5, 0.6) is 5.75 Å². The van der Waals surface area contributed by atoms with E-state index >= 15 is 0 Å². The van der Waals surface area contributed by atoms with Gasteiger partial charge in [-0.1, -0.05) is 36.0 Å². The number of hydrogen-bond donors (Lipinski definition) is 0. The highest BCUT2D eigenvalue weighted by Crippen LogP contribution is 2.28. The SMILES string of the molecule is COc1ccccc1-n1cnnc1SCc1nc2ccccc2c(=O)n1C. The van der Waals surface area contributed by atoms with Crippen LogP contribution in [0.4, 0.5) is 0 Å². The van der Waals surface area contributed by atoms with Crippen LogP contribution >= 0.6 is 11.8 Å². The molecule has 27 heavy (non-hydrogen) atoms. The van der Waals surface area contributed by atoms with Crippen molar-refractivity contribution in [1.29, 1.82) is 0 Å². The minimum Gasteiger partial charge on any atom is -0.495 e. The quantitative estimate of drug-likeness (QED) is 0.497. The Morgan fingerprint density at radius 2 is 1.89 bits per heavy atom. The second-order valence-corrected chi connectivity index (χ2v) is 6.80. The smallest absolute Gasteiger partial charge is 0.261 e. The van der Waals surface area contributed by atoms with Gasteiger partial charge in [0.1, 0.15) is 17.9 Å². The number of hydrogen-bond acceptors (Lipinski definition) is 6. The molecule has 136 valence electrons. The van der Waals surface area contributed by atoms with Crippen molar-refractivity contribution in [3.05, 3.63) is 71.0 Å². The molecule has 0 aliphatic heterocycles. The van der Waals surface area contributed by atoms with E-state index in [4.69, 9.17) is 4.74 Å². The molecule has 0 atom stereocenters. The molecular weight excluding hydrogens is 362 g/mol. The summed E-state index contributed by atoms with van der Waals surface area (Å²) < 4.78 is 8.87. The van der Waals surface area contributed by atoms with Gasteiger partial charge in [0.15, 0.2) is 5.16 Å². The fourth-order valence-corrected chi connectivity index (χ4v) is 3.74. The average Bonchev–Trinajstić information content (AvgIpc) is 3.18. The van der Waals surface area contributed by atoms with Gasteiger partial charge in [0, 0.05) is 7.05 Å². The zero-order valence-corrected chi connectivity index (χ0v) is 15.7. The number of aromatic nitrogens is 5.